The molecule has 0 amide bonds. The first-order chi connectivity index (χ1) is 8.04. The van der Waals surface area contributed by atoms with Crippen molar-refractivity contribution in [2.24, 2.45) is 5.92 Å². The largest absolute Gasteiger partial charge is 0.312 e. The lowest BCUT2D eigenvalue weighted by Gasteiger charge is -2.26. The Bertz CT molecular complexity index is 232. The number of rotatable bonds is 6. The summed E-state index contributed by atoms with van der Waals surface area (Å²) in [5.74, 6) is 1.06. The van der Waals surface area contributed by atoms with Gasteiger partial charge in [-0.3, -0.25) is 0 Å². The van der Waals surface area contributed by atoms with E-state index in [1.54, 1.807) is 0 Å². The zero-order chi connectivity index (χ0) is 12.3. The molecule has 2 unspecified atom stereocenters. The van der Waals surface area contributed by atoms with Gasteiger partial charge in [0.25, 0.3) is 0 Å². The van der Waals surface area contributed by atoms with Crippen LogP contribution in [0.1, 0.15) is 59.3 Å². The summed E-state index contributed by atoms with van der Waals surface area (Å²) in [6.07, 6.45) is 8.61. The number of nitrogens with zero attached hydrogens (tertiary/aromatic N) is 1. The molecule has 0 aromatic carbocycles. The van der Waals surface area contributed by atoms with Gasteiger partial charge in [-0.15, -0.1) is 0 Å². The molecule has 2 fully saturated rings. The number of hydrogen-bond acceptors (Lipinski definition) is 2. The smallest absolute Gasteiger partial charge is 0.00985 e. The maximum Gasteiger partial charge on any atom is 0.00985 e. The van der Waals surface area contributed by atoms with E-state index in [-0.39, 0.29) is 5.54 Å². The van der Waals surface area contributed by atoms with Gasteiger partial charge in [0.2, 0.25) is 0 Å². The summed E-state index contributed by atoms with van der Waals surface area (Å²) in [6, 6.07) is 0.965. The summed E-state index contributed by atoms with van der Waals surface area (Å²) in [5, 5.41) is 3.56. The van der Waals surface area contributed by atoms with Crippen LogP contribution in [0.15, 0.2) is 0 Å². The summed E-state index contributed by atoms with van der Waals surface area (Å²) in [7, 11) is 0. The summed E-state index contributed by atoms with van der Waals surface area (Å²) in [5.41, 5.74) is 0.286. The van der Waals surface area contributed by atoms with E-state index in [1.807, 2.05) is 0 Å². The first kappa shape index (κ1) is 13.4. The number of unbranched alkanes of at least 4 members (excludes halogenated alkanes) is 2. The second-order valence-electron chi connectivity index (χ2n) is 7.07. The summed E-state index contributed by atoms with van der Waals surface area (Å²) in [4.78, 5) is 2.76. The first-order valence-corrected chi connectivity index (χ1v) is 7.54. The molecular weight excluding hydrogens is 208 g/mol. The van der Waals surface area contributed by atoms with Crippen molar-refractivity contribution in [1.29, 1.82) is 0 Å². The van der Waals surface area contributed by atoms with Crippen LogP contribution in [-0.2, 0) is 0 Å². The van der Waals surface area contributed by atoms with E-state index in [4.69, 9.17) is 0 Å². The maximum absolute atomic E-state index is 3.56. The quantitative estimate of drug-likeness (QED) is 0.716. The SMILES string of the molecule is CC(C)(C)NCCCCCN1CC2CCC1C2. The number of nitrogens with one attached hydrogen (secondary N) is 1. The van der Waals surface area contributed by atoms with Crippen LogP contribution >= 0.6 is 0 Å². The van der Waals surface area contributed by atoms with Crippen LogP contribution in [0.3, 0.4) is 0 Å². The molecule has 0 radical (unpaired) electrons. The Hall–Kier alpha value is -0.0800. The molecule has 1 aliphatic heterocycles. The molecule has 1 N–H and O–H groups in total. The Kier molecular flexibility index (Phi) is 4.48. The monoisotopic (exact) mass is 238 g/mol. The zero-order valence-corrected chi connectivity index (χ0v) is 12.0. The highest BCUT2D eigenvalue weighted by atomic mass is 15.2. The average molecular weight is 238 g/mol. The van der Waals surface area contributed by atoms with Crippen LogP contribution in [-0.4, -0.2) is 36.1 Å². The molecule has 0 aromatic heterocycles. The van der Waals surface area contributed by atoms with Crippen LogP contribution in [0.4, 0.5) is 0 Å². The van der Waals surface area contributed by atoms with E-state index in [9.17, 15) is 0 Å². The van der Waals surface area contributed by atoms with E-state index in [1.165, 1.54) is 58.2 Å². The van der Waals surface area contributed by atoms with E-state index < -0.39 is 0 Å². The van der Waals surface area contributed by atoms with Gasteiger partial charge in [-0.2, -0.15) is 0 Å². The number of hydrogen-bond donors (Lipinski definition) is 1. The molecule has 2 atom stereocenters. The topological polar surface area (TPSA) is 15.3 Å². The Labute approximate surface area is 107 Å². The van der Waals surface area contributed by atoms with Gasteiger partial charge >= 0.3 is 0 Å². The summed E-state index contributed by atoms with van der Waals surface area (Å²) in [6.45, 7) is 10.7. The Morgan fingerprint density at radius 2 is 1.94 bits per heavy atom. The van der Waals surface area contributed by atoms with Gasteiger partial charge in [0.05, 0.1) is 0 Å². The molecular formula is C15H30N2. The second kappa shape index (κ2) is 5.71. The Morgan fingerprint density at radius 3 is 2.53 bits per heavy atom. The third-order valence-electron chi connectivity index (χ3n) is 4.30. The van der Waals surface area contributed by atoms with Gasteiger partial charge in [0.15, 0.2) is 0 Å². The predicted molar refractivity (Wildman–Crippen MR) is 74.3 cm³/mol. The lowest BCUT2D eigenvalue weighted by Crippen LogP contribution is -2.36. The first-order valence-electron chi connectivity index (χ1n) is 7.54. The van der Waals surface area contributed by atoms with Crippen LogP contribution in [0.25, 0.3) is 0 Å². The third kappa shape index (κ3) is 4.26. The average Bonchev–Trinajstić information content (AvgIpc) is 2.83. The van der Waals surface area contributed by atoms with Gasteiger partial charge in [0.1, 0.15) is 0 Å². The van der Waals surface area contributed by atoms with E-state index >= 15 is 0 Å². The number of piperidine rings is 1. The van der Waals surface area contributed by atoms with Crippen LogP contribution in [0.2, 0.25) is 0 Å². The predicted octanol–water partition coefficient (Wildman–Crippen LogP) is 3.03. The summed E-state index contributed by atoms with van der Waals surface area (Å²) >= 11 is 0. The van der Waals surface area contributed by atoms with Crippen molar-refractivity contribution < 1.29 is 0 Å². The fraction of sp³-hybridized carbons (Fsp3) is 1.00. The molecule has 2 aliphatic rings. The fourth-order valence-electron chi connectivity index (χ4n) is 3.38. The highest BCUT2D eigenvalue weighted by molar-refractivity contribution is 4.91. The lowest BCUT2D eigenvalue weighted by molar-refractivity contribution is 0.209. The van der Waals surface area contributed by atoms with Crippen LogP contribution in [0.5, 0.6) is 0 Å². The van der Waals surface area contributed by atoms with Crippen molar-refractivity contribution in [1.82, 2.24) is 10.2 Å². The molecule has 17 heavy (non-hydrogen) atoms. The summed E-state index contributed by atoms with van der Waals surface area (Å²) < 4.78 is 0. The molecule has 2 nitrogen and oxygen atoms in total. The molecule has 1 saturated carbocycles. The van der Waals surface area contributed by atoms with Crippen molar-refractivity contribution in [3.05, 3.63) is 0 Å². The van der Waals surface area contributed by atoms with Crippen molar-refractivity contribution in [3.63, 3.8) is 0 Å². The molecule has 2 heteroatoms. The van der Waals surface area contributed by atoms with E-state index in [0.717, 1.165) is 12.0 Å². The molecule has 2 rings (SSSR count). The molecule has 0 spiro atoms. The van der Waals surface area contributed by atoms with Gasteiger partial charge in [-0.1, -0.05) is 6.42 Å². The second-order valence-corrected chi connectivity index (χ2v) is 7.07. The minimum absolute atomic E-state index is 0.286. The standard InChI is InChI=1S/C15H30N2/c1-15(2,3)16-9-5-4-6-10-17-12-13-7-8-14(17)11-13/h13-14,16H,4-12H2,1-3H3. The molecule has 1 saturated heterocycles. The highest BCUT2D eigenvalue weighted by Gasteiger charge is 2.36. The Morgan fingerprint density at radius 1 is 1.12 bits per heavy atom. The molecule has 0 aromatic rings. The minimum Gasteiger partial charge on any atom is -0.312 e. The van der Waals surface area contributed by atoms with Gasteiger partial charge in [0, 0.05) is 18.1 Å². The highest BCUT2D eigenvalue weighted by Crippen LogP contribution is 2.37. The molecule has 1 aliphatic carbocycles. The van der Waals surface area contributed by atoms with Gasteiger partial charge < -0.3 is 10.2 Å². The number of fused-ring (bicyclic) bond motifs is 2. The minimum atomic E-state index is 0.286. The third-order valence-corrected chi connectivity index (χ3v) is 4.30. The normalized spacial score (nSPS) is 29.1. The van der Waals surface area contributed by atoms with Crippen molar-refractivity contribution in [3.8, 4) is 0 Å². The van der Waals surface area contributed by atoms with Crippen LogP contribution < -0.4 is 5.32 Å². The van der Waals surface area contributed by atoms with Crippen molar-refractivity contribution in [2.75, 3.05) is 19.6 Å². The lowest BCUT2D eigenvalue weighted by atomic mass is 10.1. The van der Waals surface area contributed by atoms with Gasteiger partial charge in [-0.25, -0.2) is 0 Å². The van der Waals surface area contributed by atoms with E-state index in [2.05, 4.69) is 31.0 Å². The maximum atomic E-state index is 3.56. The van der Waals surface area contributed by atoms with E-state index in [0.29, 0.717) is 0 Å². The Balaban J connectivity index is 1.47. The molecule has 2 bridgehead atoms. The van der Waals surface area contributed by atoms with Crippen molar-refractivity contribution >= 4 is 0 Å². The zero-order valence-electron chi connectivity index (χ0n) is 12.0. The van der Waals surface area contributed by atoms with Crippen molar-refractivity contribution in [2.45, 2.75) is 70.9 Å². The van der Waals surface area contributed by atoms with Gasteiger partial charge in [-0.05, 0) is 71.9 Å². The fourth-order valence-corrected chi connectivity index (χ4v) is 3.38. The molecule has 100 valence electrons. The molecule has 1 heterocycles. The van der Waals surface area contributed by atoms with Crippen LogP contribution in [0, 0.1) is 5.92 Å². The number of likely N-dealkylation sites (tertiary alicyclic amines) is 1.